The highest BCUT2D eigenvalue weighted by molar-refractivity contribution is 5.86. The minimum absolute atomic E-state index is 0.0158. The molecule has 162 valence electrons. The van der Waals surface area contributed by atoms with E-state index in [0.29, 0.717) is 18.3 Å². The number of hydrogen-bond acceptors (Lipinski definition) is 5. The standard InChI is InChI=1S/C24H30N6O/c1-16-18(9-7-13-26-17(2)31)24(29-14-8-12-22(29)28(3)4)30-21-11-6-5-10-20(21)27-23(30)19(16)15-25/h5-6,10-11,22H,7-9,12-14H2,1-4H3,(H,26,31). The molecule has 0 aliphatic carbocycles. The van der Waals surface area contributed by atoms with E-state index in [2.05, 4.69) is 45.7 Å². The van der Waals surface area contributed by atoms with E-state index < -0.39 is 0 Å². The van der Waals surface area contributed by atoms with Crippen molar-refractivity contribution in [3.63, 3.8) is 0 Å². The van der Waals surface area contributed by atoms with Crippen LogP contribution < -0.4 is 10.2 Å². The number of amides is 1. The maximum absolute atomic E-state index is 11.3. The number of para-hydroxylation sites is 2. The molecular formula is C24H30N6O. The van der Waals surface area contributed by atoms with Crippen molar-refractivity contribution in [1.29, 1.82) is 5.26 Å². The van der Waals surface area contributed by atoms with E-state index in [1.807, 2.05) is 25.1 Å². The van der Waals surface area contributed by atoms with Gasteiger partial charge < -0.3 is 10.2 Å². The Bertz CT molecular complexity index is 1170. The first-order valence-corrected chi connectivity index (χ1v) is 10.9. The first kappa shape index (κ1) is 21.1. The highest BCUT2D eigenvalue weighted by Gasteiger charge is 2.32. The number of hydrogen-bond donors (Lipinski definition) is 1. The van der Waals surface area contributed by atoms with Crippen LogP contribution in [0, 0.1) is 18.3 Å². The molecular weight excluding hydrogens is 388 g/mol. The Morgan fingerprint density at radius 2 is 2.13 bits per heavy atom. The highest BCUT2D eigenvalue weighted by Crippen LogP contribution is 2.37. The van der Waals surface area contributed by atoms with Crippen LogP contribution in [0.25, 0.3) is 16.7 Å². The van der Waals surface area contributed by atoms with Crippen molar-refractivity contribution in [1.82, 2.24) is 19.6 Å². The van der Waals surface area contributed by atoms with Crippen molar-refractivity contribution in [3.05, 3.63) is 41.0 Å². The lowest BCUT2D eigenvalue weighted by atomic mass is 9.99. The average Bonchev–Trinajstić information content (AvgIpc) is 3.36. The van der Waals surface area contributed by atoms with Gasteiger partial charge >= 0.3 is 0 Å². The molecule has 0 bridgehead atoms. The summed E-state index contributed by atoms with van der Waals surface area (Å²) in [5.74, 6) is 1.12. The predicted molar refractivity (Wildman–Crippen MR) is 123 cm³/mol. The number of rotatable bonds is 6. The molecule has 2 aromatic heterocycles. The molecule has 1 aliphatic heterocycles. The number of carbonyl (C=O) groups is 1. The van der Waals surface area contributed by atoms with Gasteiger partial charge in [-0.25, -0.2) is 4.98 Å². The normalized spacial score (nSPS) is 16.4. The molecule has 4 rings (SSSR count). The second kappa shape index (κ2) is 8.56. The zero-order valence-electron chi connectivity index (χ0n) is 18.8. The van der Waals surface area contributed by atoms with E-state index in [1.165, 1.54) is 5.56 Å². The van der Waals surface area contributed by atoms with Crippen molar-refractivity contribution in [2.75, 3.05) is 32.1 Å². The fraction of sp³-hybridized carbons (Fsp3) is 0.458. The molecule has 7 nitrogen and oxygen atoms in total. The molecule has 1 aromatic carbocycles. The Labute approximate surface area is 183 Å². The number of fused-ring (bicyclic) bond motifs is 3. The molecule has 1 saturated heterocycles. The van der Waals surface area contributed by atoms with Gasteiger partial charge in [0, 0.05) is 20.0 Å². The van der Waals surface area contributed by atoms with Crippen LogP contribution in [0.15, 0.2) is 24.3 Å². The first-order valence-electron chi connectivity index (χ1n) is 10.9. The van der Waals surface area contributed by atoms with E-state index >= 15 is 0 Å². The van der Waals surface area contributed by atoms with Crippen LogP contribution in [-0.2, 0) is 11.2 Å². The molecule has 1 fully saturated rings. The van der Waals surface area contributed by atoms with Gasteiger partial charge in [-0.05, 0) is 70.0 Å². The van der Waals surface area contributed by atoms with Gasteiger partial charge in [0.15, 0.2) is 5.65 Å². The van der Waals surface area contributed by atoms with Crippen LogP contribution in [0.1, 0.15) is 42.9 Å². The summed E-state index contributed by atoms with van der Waals surface area (Å²) in [6, 6.07) is 10.5. The Kier molecular flexibility index (Phi) is 5.84. The molecule has 1 amide bonds. The van der Waals surface area contributed by atoms with Crippen LogP contribution in [0.3, 0.4) is 0 Å². The van der Waals surface area contributed by atoms with Crippen molar-refractivity contribution in [2.45, 2.75) is 45.7 Å². The van der Waals surface area contributed by atoms with E-state index in [-0.39, 0.29) is 5.91 Å². The smallest absolute Gasteiger partial charge is 0.216 e. The lowest BCUT2D eigenvalue weighted by Crippen LogP contribution is -2.42. The number of anilines is 1. The molecule has 1 unspecified atom stereocenters. The van der Waals surface area contributed by atoms with Gasteiger partial charge in [0.05, 0.1) is 22.8 Å². The minimum atomic E-state index is -0.0158. The zero-order valence-corrected chi connectivity index (χ0v) is 18.8. The van der Waals surface area contributed by atoms with Crippen LogP contribution in [0.4, 0.5) is 5.82 Å². The van der Waals surface area contributed by atoms with E-state index in [4.69, 9.17) is 4.98 Å². The topological polar surface area (TPSA) is 76.7 Å². The summed E-state index contributed by atoms with van der Waals surface area (Å²) >= 11 is 0. The third kappa shape index (κ3) is 3.72. The summed E-state index contributed by atoms with van der Waals surface area (Å²) in [4.78, 5) is 20.9. The van der Waals surface area contributed by atoms with Gasteiger partial charge in [0.25, 0.3) is 0 Å². The summed E-state index contributed by atoms with van der Waals surface area (Å²) in [5, 5.41) is 12.9. The summed E-state index contributed by atoms with van der Waals surface area (Å²) in [7, 11) is 4.25. The van der Waals surface area contributed by atoms with Crippen LogP contribution in [0.2, 0.25) is 0 Å². The number of aromatic nitrogens is 2. The molecule has 7 heteroatoms. The van der Waals surface area contributed by atoms with Crippen molar-refractivity contribution in [2.24, 2.45) is 0 Å². The van der Waals surface area contributed by atoms with Gasteiger partial charge in [-0.2, -0.15) is 5.26 Å². The summed E-state index contributed by atoms with van der Waals surface area (Å²) in [6.45, 7) is 5.17. The largest absolute Gasteiger partial charge is 0.356 e. The molecule has 3 aromatic rings. The summed E-state index contributed by atoms with van der Waals surface area (Å²) in [5.41, 5.74) is 5.45. The Morgan fingerprint density at radius 3 is 2.84 bits per heavy atom. The quantitative estimate of drug-likeness (QED) is 0.622. The summed E-state index contributed by atoms with van der Waals surface area (Å²) in [6.07, 6.45) is 4.13. The molecule has 3 heterocycles. The Morgan fingerprint density at radius 1 is 1.35 bits per heavy atom. The lowest BCUT2D eigenvalue weighted by Gasteiger charge is -2.34. The van der Waals surface area contributed by atoms with Crippen molar-refractivity contribution in [3.8, 4) is 6.07 Å². The molecule has 1 atom stereocenters. The van der Waals surface area contributed by atoms with Crippen molar-refractivity contribution < 1.29 is 4.79 Å². The summed E-state index contributed by atoms with van der Waals surface area (Å²) < 4.78 is 2.19. The van der Waals surface area contributed by atoms with Gasteiger partial charge in [0.1, 0.15) is 11.9 Å². The van der Waals surface area contributed by atoms with Gasteiger partial charge in [-0.15, -0.1) is 0 Å². The zero-order chi connectivity index (χ0) is 22.1. The van der Waals surface area contributed by atoms with Crippen LogP contribution in [-0.4, -0.2) is 53.5 Å². The van der Waals surface area contributed by atoms with Crippen LogP contribution >= 0.6 is 0 Å². The van der Waals surface area contributed by atoms with Gasteiger partial charge in [0.2, 0.25) is 5.91 Å². The maximum Gasteiger partial charge on any atom is 0.216 e. The number of nitrogens with zero attached hydrogens (tertiary/aromatic N) is 5. The van der Waals surface area contributed by atoms with E-state index in [9.17, 15) is 10.1 Å². The second-order valence-corrected chi connectivity index (χ2v) is 8.54. The van der Waals surface area contributed by atoms with Crippen molar-refractivity contribution >= 4 is 28.4 Å². The maximum atomic E-state index is 11.3. The second-order valence-electron chi connectivity index (χ2n) is 8.54. The fourth-order valence-electron chi connectivity index (χ4n) is 4.83. The van der Waals surface area contributed by atoms with E-state index in [0.717, 1.165) is 60.3 Å². The monoisotopic (exact) mass is 418 g/mol. The highest BCUT2D eigenvalue weighted by atomic mass is 16.1. The average molecular weight is 419 g/mol. The number of nitrogens with one attached hydrogen (secondary N) is 1. The van der Waals surface area contributed by atoms with Crippen LogP contribution in [0.5, 0.6) is 0 Å². The molecule has 1 aliphatic rings. The minimum Gasteiger partial charge on any atom is -0.356 e. The molecule has 0 radical (unpaired) electrons. The number of nitriles is 1. The Hall–Kier alpha value is -3.11. The van der Waals surface area contributed by atoms with Gasteiger partial charge in [-0.3, -0.25) is 14.1 Å². The van der Waals surface area contributed by atoms with Gasteiger partial charge in [-0.1, -0.05) is 12.1 Å². The first-order chi connectivity index (χ1) is 14.9. The molecule has 31 heavy (non-hydrogen) atoms. The molecule has 1 N–H and O–H groups in total. The third-order valence-corrected chi connectivity index (χ3v) is 6.27. The molecule has 0 spiro atoms. The predicted octanol–water partition coefficient (Wildman–Crippen LogP) is 3.22. The third-order valence-electron chi connectivity index (χ3n) is 6.27. The molecule has 0 saturated carbocycles. The Balaban J connectivity index is 1.97. The fourth-order valence-corrected chi connectivity index (χ4v) is 4.83. The number of imidazole rings is 1. The number of carbonyl (C=O) groups excluding carboxylic acids is 1. The number of benzene rings is 1. The lowest BCUT2D eigenvalue weighted by molar-refractivity contribution is -0.118. The SMILES string of the molecule is CC(=O)NCCCc1c(C)c(C#N)c2nc3ccccc3n2c1N1CCCC1N(C)C. The number of pyridine rings is 1. The van der Waals surface area contributed by atoms with E-state index in [1.54, 1.807) is 6.92 Å².